The highest BCUT2D eigenvalue weighted by molar-refractivity contribution is 5.32. The molecule has 4 heteroatoms. The molecule has 3 nitrogen and oxygen atoms in total. The molecule has 0 aliphatic carbocycles. The quantitative estimate of drug-likeness (QED) is 0.681. The van der Waals surface area contributed by atoms with Crippen LogP contribution in [0.5, 0.6) is 0 Å². The molecular weight excluding hydrogens is 363 g/mol. The first kappa shape index (κ1) is 19.8. The van der Waals surface area contributed by atoms with Gasteiger partial charge in [0.05, 0.1) is 12.1 Å². The lowest BCUT2D eigenvalue weighted by molar-refractivity contribution is 0.0622. The van der Waals surface area contributed by atoms with Gasteiger partial charge in [0.2, 0.25) is 0 Å². The van der Waals surface area contributed by atoms with Crippen LogP contribution in [-0.4, -0.2) is 47.6 Å². The van der Waals surface area contributed by atoms with E-state index in [2.05, 4.69) is 70.5 Å². The van der Waals surface area contributed by atoms with Gasteiger partial charge >= 0.3 is 0 Å². The molecule has 0 spiro atoms. The standard InChI is InChI=1S/C25H27FN2O/c26-23-13-7-12-22(18-23)24(29)19-27-14-16-28(17-15-27)25(20-8-3-1-4-9-20)21-10-5-2-6-11-21/h1-13,18,24-25,29H,14-17,19H2. The van der Waals surface area contributed by atoms with E-state index in [0.717, 1.165) is 26.2 Å². The van der Waals surface area contributed by atoms with Crippen molar-refractivity contribution in [3.05, 3.63) is 107 Å². The molecule has 3 aromatic carbocycles. The minimum Gasteiger partial charge on any atom is -0.387 e. The molecule has 1 atom stereocenters. The van der Waals surface area contributed by atoms with Crippen LogP contribution in [0.1, 0.15) is 28.8 Å². The normalized spacial score (nSPS) is 16.8. The fourth-order valence-corrected chi connectivity index (χ4v) is 4.15. The number of halogens is 1. The van der Waals surface area contributed by atoms with Gasteiger partial charge in [0.15, 0.2) is 0 Å². The summed E-state index contributed by atoms with van der Waals surface area (Å²) in [6.45, 7) is 4.12. The lowest BCUT2D eigenvalue weighted by atomic mass is 9.96. The summed E-state index contributed by atoms with van der Waals surface area (Å²) >= 11 is 0. The third-order valence-corrected chi connectivity index (χ3v) is 5.67. The Labute approximate surface area is 172 Å². The Kier molecular flexibility index (Phi) is 6.35. The number of benzene rings is 3. The van der Waals surface area contributed by atoms with Crippen molar-refractivity contribution < 1.29 is 9.50 Å². The number of hydrogen-bond acceptors (Lipinski definition) is 3. The van der Waals surface area contributed by atoms with Crippen molar-refractivity contribution in [3.63, 3.8) is 0 Å². The molecular formula is C25H27FN2O. The predicted octanol–water partition coefficient (Wildman–Crippen LogP) is 4.27. The zero-order valence-electron chi connectivity index (χ0n) is 16.5. The number of aliphatic hydroxyl groups excluding tert-OH is 1. The Morgan fingerprint density at radius 1 is 0.724 bits per heavy atom. The third-order valence-electron chi connectivity index (χ3n) is 5.67. The van der Waals surface area contributed by atoms with Crippen LogP contribution in [0.25, 0.3) is 0 Å². The van der Waals surface area contributed by atoms with Gasteiger partial charge in [-0.3, -0.25) is 9.80 Å². The molecule has 1 aliphatic heterocycles. The summed E-state index contributed by atoms with van der Waals surface area (Å²) < 4.78 is 13.4. The Bertz CT molecular complexity index is 855. The van der Waals surface area contributed by atoms with Gasteiger partial charge in [0.1, 0.15) is 5.82 Å². The van der Waals surface area contributed by atoms with E-state index >= 15 is 0 Å². The van der Waals surface area contributed by atoms with E-state index < -0.39 is 6.10 Å². The van der Waals surface area contributed by atoms with Gasteiger partial charge in [-0.05, 0) is 28.8 Å². The molecule has 1 N–H and O–H groups in total. The number of piperazine rings is 1. The Morgan fingerprint density at radius 3 is 1.83 bits per heavy atom. The van der Waals surface area contributed by atoms with E-state index in [1.165, 1.54) is 23.3 Å². The largest absolute Gasteiger partial charge is 0.387 e. The van der Waals surface area contributed by atoms with Gasteiger partial charge in [0, 0.05) is 32.7 Å². The molecule has 1 fully saturated rings. The Balaban J connectivity index is 1.43. The molecule has 1 saturated heterocycles. The summed E-state index contributed by atoms with van der Waals surface area (Å²) in [4.78, 5) is 4.77. The lowest BCUT2D eigenvalue weighted by Gasteiger charge is -2.40. The van der Waals surface area contributed by atoms with Crippen LogP contribution in [-0.2, 0) is 0 Å². The molecule has 1 heterocycles. The van der Waals surface area contributed by atoms with Gasteiger partial charge in [-0.15, -0.1) is 0 Å². The van der Waals surface area contributed by atoms with E-state index in [1.807, 2.05) is 0 Å². The van der Waals surface area contributed by atoms with Gasteiger partial charge in [-0.1, -0.05) is 72.8 Å². The molecule has 4 rings (SSSR count). The number of hydrogen-bond donors (Lipinski definition) is 1. The second kappa shape index (κ2) is 9.31. The molecule has 0 amide bonds. The zero-order valence-corrected chi connectivity index (χ0v) is 16.5. The van der Waals surface area contributed by atoms with Crippen LogP contribution in [0.15, 0.2) is 84.9 Å². The smallest absolute Gasteiger partial charge is 0.123 e. The van der Waals surface area contributed by atoms with Crippen LogP contribution in [0.3, 0.4) is 0 Å². The fraction of sp³-hybridized carbons (Fsp3) is 0.280. The number of β-amino-alcohol motifs (C(OH)–C–C–N with tert-alkyl or cyclic N) is 1. The highest BCUT2D eigenvalue weighted by Gasteiger charge is 2.27. The van der Waals surface area contributed by atoms with Crippen molar-refractivity contribution in [1.29, 1.82) is 0 Å². The third kappa shape index (κ3) is 4.91. The zero-order chi connectivity index (χ0) is 20.1. The summed E-state index contributed by atoms with van der Waals surface area (Å²) in [6.07, 6.45) is -0.670. The van der Waals surface area contributed by atoms with Crippen molar-refractivity contribution in [2.24, 2.45) is 0 Å². The first-order chi connectivity index (χ1) is 14.2. The van der Waals surface area contributed by atoms with Gasteiger partial charge in [-0.25, -0.2) is 4.39 Å². The molecule has 29 heavy (non-hydrogen) atoms. The highest BCUT2D eigenvalue weighted by Crippen LogP contribution is 2.29. The molecule has 1 aliphatic rings. The molecule has 0 radical (unpaired) electrons. The van der Waals surface area contributed by atoms with E-state index in [0.29, 0.717) is 12.1 Å². The molecule has 0 bridgehead atoms. The van der Waals surface area contributed by atoms with Crippen LogP contribution in [0.2, 0.25) is 0 Å². The van der Waals surface area contributed by atoms with Gasteiger partial charge in [0.25, 0.3) is 0 Å². The topological polar surface area (TPSA) is 26.7 Å². The minimum atomic E-state index is -0.670. The second-order valence-electron chi connectivity index (χ2n) is 7.63. The van der Waals surface area contributed by atoms with Crippen molar-refractivity contribution >= 4 is 0 Å². The summed E-state index contributed by atoms with van der Waals surface area (Å²) in [5, 5.41) is 10.5. The average molecular weight is 391 g/mol. The molecule has 3 aromatic rings. The number of aliphatic hydroxyl groups is 1. The first-order valence-corrected chi connectivity index (χ1v) is 10.2. The summed E-state index contributed by atoms with van der Waals surface area (Å²) in [5.74, 6) is -0.306. The monoisotopic (exact) mass is 390 g/mol. The maximum absolute atomic E-state index is 13.4. The highest BCUT2D eigenvalue weighted by atomic mass is 19.1. The number of rotatable bonds is 6. The molecule has 150 valence electrons. The van der Waals surface area contributed by atoms with Crippen LogP contribution in [0, 0.1) is 5.82 Å². The van der Waals surface area contributed by atoms with Crippen molar-refractivity contribution in [3.8, 4) is 0 Å². The maximum atomic E-state index is 13.4. The Morgan fingerprint density at radius 2 is 1.28 bits per heavy atom. The molecule has 0 aromatic heterocycles. The van der Waals surface area contributed by atoms with Crippen LogP contribution in [0.4, 0.5) is 4.39 Å². The van der Waals surface area contributed by atoms with Crippen molar-refractivity contribution in [2.45, 2.75) is 12.1 Å². The lowest BCUT2D eigenvalue weighted by Crippen LogP contribution is -2.48. The van der Waals surface area contributed by atoms with E-state index in [-0.39, 0.29) is 11.9 Å². The summed E-state index contributed by atoms with van der Waals surface area (Å²) in [5.41, 5.74) is 3.23. The average Bonchev–Trinajstić information content (AvgIpc) is 2.77. The summed E-state index contributed by atoms with van der Waals surface area (Å²) in [6, 6.07) is 27.7. The predicted molar refractivity (Wildman–Crippen MR) is 114 cm³/mol. The second-order valence-corrected chi connectivity index (χ2v) is 7.63. The van der Waals surface area contributed by atoms with Gasteiger partial charge in [-0.2, -0.15) is 0 Å². The number of nitrogens with zero attached hydrogens (tertiary/aromatic N) is 2. The van der Waals surface area contributed by atoms with Crippen LogP contribution < -0.4 is 0 Å². The molecule has 1 unspecified atom stereocenters. The summed E-state index contributed by atoms with van der Waals surface area (Å²) in [7, 11) is 0. The first-order valence-electron chi connectivity index (χ1n) is 10.2. The minimum absolute atomic E-state index is 0.229. The van der Waals surface area contributed by atoms with E-state index in [9.17, 15) is 9.50 Å². The Hall–Kier alpha value is -2.53. The maximum Gasteiger partial charge on any atom is 0.123 e. The van der Waals surface area contributed by atoms with E-state index in [1.54, 1.807) is 12.1 Å². The SMILES string of the molecule is OC(CN1CCN(C(c2ccccc2)c2ccccc2)CC1)c1cccc(F)c1. The van der Waals surface area contributed by atoms with E-state index in [4.69, 9.17) is 0 Å². The fourth-order valence-electron chi connectivity index (χ4n) is 4.15. The van der Waals surface area contributed by atoms with Crippen molar-refractivity contribution in [1.82, 2.24) is 9.80 Å². The van der Waals surface area contributed by atoms with Crippen molar-refractivity contribution in [2.75, 3.05) is 32.7 Å². The van der Waals surface area contributed by atoms with Crippen LogP contribution >= 0.6 is 0 Å². The molecule has 0 saturated carbocycles. The van der Waals surface area contributed by atoms with Gasteiger partial charge < -0.3 is 5.11 Å².